The van der Waals surface area contributed by atoms with E-state index in [9.17, 15) is 24.0 Å². The molecule has 1 aliphatic rings. The van der Waals surface area contributed by atoms with E-state index in [2.05, 4.69) is 10.6 Å². The highest BCUT2D eigenvalue weighted by molar-refractivity contribution is 7.70. The summed E-state index contributed by atoms with van der Waals surface area (Å²) in [6, 6.07) is 11.5. The Bertz CT molecular complexity index is 1420. The topological polar surface area (TPSA) is 102 Å². The van der Waals surface area contributed by atoms with E-state index in [0.717, 1.165) is 11.0 Å². The van der Waals surface area contributed by atoms with Crippen LogP contribution in [0.4, 0.5) is 24.5 Å². The zero-order valence-electron chi connectivity index (χ0n) is 20.5. The molecule has 38 heavy (non-hydrogen) atoms. The SMILES string of the molecule is CP(C)(=O)c1ccccc1-c1ccc(N2CC(CO)[C@@H](NC(O)Nc3ccc(Cl)cc3F)C2=O)c(F)c1F. The molecule has 1 heterocycles. The Morgan fingerprint density at radius 1 is 1.08 bits per heavy atom. The number of aliphatic hydroxyl groups excluding tert-OH is 2. The molecule has 0 aromatic heterocycles. The number of hydrogen-bond donors (Lipinski definition) is 4. The minimum atomic E-state index is -2.81. The Labute approximate surface area is 222 Å². The number of hydrogen-bond acceptors (Lipinski definition) is 6. The first-order valence-corrected chi connectivity index (χ1v) is 14.6. The number of aliphatic hydroxyl groups is 2. The molecule has 0 saturated carbocycles. The summed E-state index contributed by atoms with van der Waals surface area (Å²) in [7, 11) is -2.81. The van der Waals surface area contributed by atoms with Gasteiger partial charge in [-0.05, 0) is 49.2 Å². The van der Waals surface area contributed by atoms with Crippen LogP contribution in [-0.4, -0.2) is 55.0 Å². The lowest BCUT2D eigenvalue weighted by atomic mass is 10.0. The number of benzene rings is 3. The van der Waals surface area contributed by atoms with Gasteiger partial charge in [0.25, 0.3) is 0 Å². The van der Waals surface area contributed by atoms with Crippen LogP contribution in [0.25, 0.3) is 11.1 Å². The number of carbonyl (C=O) groups excluding carboxylic acids is 1. The summed E-state index contributed by atoms with van der Waals surface area (Å²) >= 11 is 5.72. The fourth-order valence-corrected chi connectivity index (χ4v) is 5.86. The van der Waals surface area contributed by atoms with E-state index in [1.165, 1.54) is 37.6 Å². The van der Waals surface area contributed by atoms with E-state index in [1.54, 1.807) is 24.3 Å². The van der Waals surface area contributed by atoms with E-state index in [0.29, 0.717) is 5.30 Å². The predicted molar refractivity (Wildman–Crippen MR) is 142 cm³/mol. The Morgan fingerprint density at radius 2 is 1.79 bits per heavy atom. The van der Waals surface area contributed by atoms with Crippen molar-refractivity contribution in [2.75, 3.05) is 36.7 Å². The Hall–Kier alpha value is -2.88. The molecule has 0 bridgehead atoms. The first-order valence-electron chi connectivity index (χ1n) is 11.6. The second kappa shape index (κ2) is 11.1. The number of anilines is 2. The van der Waals surface area contributed by atoms with Crippen molar-refractivity contribution in [3.05, 3.63) is 77.1 Å². The summed E-state index contributed by atoms with van der Waals surface area (Å²) < 4.78 is 57.5. The predicted octanol–water partition coefficient (Wildman–Crippen LogP) is 3.97. The lowest BCUT2D eigenvalue weighted by Gasteiger charge is -2.23. The highest BCUT2D eigenvalue weighted by Gasteiger charge is 2.43. The molecular formula is C26H26ClF3N3O4P. The summed E-state index contributed by atoms with van der Waals surface area (Å²) in [5, 5.41) is 25.8. The van der Waals surface area contributed by atoms with Gasteiger partial charge in [-0.25, -0.2) is 13.2 Å². The van der Waals surface area contributed by atoms with E-state index in [-0.39, 0.29) is 34.1 Å². The number of nitrogens with zero attached hydrogens (tertiary/aromatic N) is 1. The van der Waals surface area contributed by atoms with Crippen molar-refractivity contribution in [2.45, 2.75) is 12.4 Å². The van der Waals surface area contributed by atoms with E-state index in [4.69, 9.17) is 11.6 Å². The quantitative estimate of drug-likeness (QED) is 0.243. The molecule has 1 saturated heterocycles. The molecule has 4 rings (SSSR count). The highest BCUT2D eigenvalue weighted by atomic mass is 35.5. The van der Waals surface area contributed by atoms with Gasteiger partial charge < -0.3 is 25.0 Å². The molecule has 1 aliphatic heterocycles. The van der Waals surface area contributed by atoms with Crippen molar-refractivity contribution < 1.29 is 32.7 Å². The summed E-state index contributed by atoms with van der Waals surface area (Å²) in [6.07, 6.45) is -1.62. The van der Waals surface area contributed by atoms with Gasteiger partial charge in [0.05, 0.1) is 17.4 Å². The maximum Gasteiger partial charge on any atom is 0.244 e. The van der Waals surface area contributed by atoms with Crippen LogP contribution in [-0.2, 0) is 9.36 Å². The van der Waals surface area contributed by atoms with Gasteiger partial charge in [0.1, 0.15) is 13.0 Å². The molecule has 3 aromatic rings. The van der Waals surface area contributed by atoms with Gasteiger partial charge in [-0.1, -0.05) is 35.9 Å². The van der Waals surface area contributed by atoms with Gasteiger partial charge in [0.2, 0.25) is 5.91 Å². The standard InChI is InChI=1S/C26H26ClF3N3O4P/c1-38(2,37)21-6-4-3-5-16(21)17-8-10-20(23(30)22(17)29)33-12-14(13-34)24(25(33)35)32-26(36)31-19-9-7-15(27)11-18(19)28/h3-11,14,24,26,31-32,34,36H,12-13H2,1-2H3/t14?,24-,26?/m1/s1. The lowest BCUT2D eigenvalue weighted by molar-refractivity contribution is -0.120. The number of amides is 1. The van der Waals surface area contributed by atoms with Crippen molar-refractivity contribution >= 4 is 41.3 Å². The first kappa shape index (κ1) is 28.1. The van der Waals surface area contributed by atoms with Crippen LogP contribution in [0.5, 0.6) is 0 Å². The van der Waals surface area contributed by atoms with Gasteiger partial charge in [-0.2, -0.15) is 0 Å². The van der Waals surface area contributed by atoms with Crippen LogP contribution >= 0.6 is 18.7 Å². The van der Waals surface area contributed by atoms with Crippen LogP contribution in [0.15, 0.2) is 54.6 Å². The number of rotatable bonds is 8. The minimum Gasteiger partial charge on any atom is -0.396 e. The fraction of sp³-hybridized carbons (Fsp3) is 0.269. The second-order valence-corrected chi connectivity index (χ2v) is 13.0. The molecule has 0 spiro atoms. The molecule has 3 aromatic carbocycles. The largest absolute Gasteiger partial charge is 0.396 e. The fourth-order valence-electron chi connectivity index (χ4n) is 4.48. The van der Waals surface area contributed by atoms with E-state index >= 15 is 8.78 Å². The summed E-state index contributed by atoms with van der Waals surface area (Å²) in [6.45, 7) is 2.40. The molecular weight excluding hydrogens is 542 g/mol. The molecule has 2 unspecified atom stereocenters. The molecule has 1 amide bonds. The third kappa shape index (κ3) is 5.60. The number of nitrogens with one attached hydrogen (secondary N) is 2. The van der Waals surface area contributed by atoms with Crippen molar-refractivity contribution in [3.8, 4) is 11.1 Å². The average molecular weight is 568 g/mol. The monoisotopic (exact) mass is 567 g/mol. The van der Waals surface area contributed by atoms with Crippen molar-refractivity contribution in [1.29, 1.82) is 0 Å². The first-order chi connectivity index (χ1) is 17.9. The summed E-state index contributed by atoms with van der Waals surface area (Å²) in [4.78, 5) is 14.2. The third-order valence-electron chi connectivity index (χ3n) is 6.34. The zero-order chi connectivity index (χ0) is 27.8. The van der Waals surface area contributed by atoms with Crippen LogP contribution in [0, 0.1) is 23.4 Å². The van der Waals surface area contributed by atoms with Crippen molar-refractivity contribution in [1.82, 2.24) is 5.32 Å². The molecule has 202 valence electrons. The Balaban J connectivity index is 1.59. The summed E-state index contributed by atoms with van der Waals surface area (Å²) in [5.74, 6) is -4.75. The van der Waals surface area contributed by atoms with Crippen molar-refractivity contribution in [3.63, 3.8) is 0 Å². The van der Waals surface area contributed by atoms with Crippen LogP contribution in [0.1, 0.15) is 0 Å². The highest BCUT2D eigenvalue weighted by Crippen LogP contribution is 2.41. The van der Waals surface area contributed by atoms with E-state index in [1.807, 2.05) is 0 Å². The molecule has 4 N–H and O–H groups in total. The molecule has 3 atom stereocenters. The van der Waals surface area contributed by atoms with Gasteiger partial charge in [0, 0.05) is 35.0 Å². The molecule has 0 aliphatic carbocycles. The van der Waals surface area contributed by atoms with Crippen LogP contribution in [0.3, 0.4) is 0 Å². The molecule has 12 heteroatoms. The van der Waals surface area contributed by atoms with Crippen molar-refractivity contribution in [2.24, 2.45) is 5.92 Å². The maximum atomic E-state index is 15.4. The van der Waals surface area contributed by atoms with Gasteiger partial charge in [-0.15, -0.1) is 0 Å². The van der Waals surface area contributed by atoms with Crippen LogP contribution < -0.4 is 20.8 Å². The van der Waals surface area contributed by atoms with Crippen LogP contribution in [0.2, 0.25) is 5.02 Å². The normalized spacial score (nSPS) is 18.6. The number of halogens is 4. The Morgan fingerprint density at radius 3 is 2.45 bits per heavy atom. The minimum absolute atomic E-state index is 0.0926. The Kier molecular flexibility index (Phi) is 8.20. The maximum absolute atomic E-state index is 15.4. The smallest absolute Gasteiger partial charge is 0.244 e. The second-order valence-electron chi connectivity index (χ2n) is 9.34. The van der Waals surface area contributed by atoms with E-state index < -0.39 is 55.4 Å². The third-order valence-corrected chi connectivity index (χ3v) is 8.13. The van der Waals surface area contributed by atoms with Gasteiger partial charge >= 0.3 is 0 Å². The zero-order valence-corrected chi connectivity index (χ0v) is 22.1. The summed E-state index contributed by atoms with van der Waals surface area (Å²) in [5.41, 5.74) is -0.257. The molecule has 7 nitrogen and oxygen atoms in total. The number of carbonyl (C=O) groups is 1. The van der Waals surface area contributed by atoms with Gasteiger partial charge in [0.15, 0.2) is 18.0 Å². The molecule has 1 fully saturated rings. The lowest BCUT2D eigenvalue weighted by Crippen LogP contribution is -2.50. The van der Waals surface area contributed by atoms with Gasteiger partial charge in [-0.3, -0.25) is 10.1 Å². The average Bonchev–Trinajstić information content (AvgIpc) is 3.17. The molecule has 0 radical (unpaired) electrons.